The Hall–Kier alpha value is -1.51. The molecule has 26 heavy (non-hydrogen) atoms. The van der Waals surface area contributed by atoms with Gasteiger partial charge in [-0.05, 0) is 36.4 Å². The third-order valence-electron chi connectivity index (χ3n) is 3.30. The van der Waals surface area contributed by atoms with E-state index in [9.17, 15) is 13.2 Å². The van der Waals surface area contributed by atoms with Crippen molar-refractivity contribution in [1.82, 2.24) is 4.72 Å². The van der Waals surface area contributed by atoms with E-state index in [1.165, 1.54) is 43.5 Å². The summed E-state index contributed by atoms with van der Waals surface area (Å²) < 4.78 is 31.7. The molecule has 0 aliphatic rings. The van der Waals surface area contributed by atoms with Gasteiger partial charge in [-0.25, -0.2) is 13.1 Å². The van der Waals surface area contributed by atoms with Gasteiger partial charge in [0.2, 0.25) is 15.9 Å². The molecule has 0 fully saturated rings. The number of hydrogen-bond donors (Lipinski definition) is 2. The van der Waals surface area contributed by atoms with Gasteiger partial charge >= 0.3 is 0 Å². The first-order chi connectivity index (χ1) is 12.2. The van der Waals surface area contributed by atoms with Crippen molar-refractivity contribution in [1.29, 1.82) is 0 Å². The highest BCUT2D eigenvalue weighted by Crippen LogP contribution is 2.32. The third-order valence-corrected chi connectivity index (χ3v) is 5.81. The summed E-state index contributed by atoms with van der Waals surface area (Å²) >= 11 is 17.7. The topological polar surface area (TPSA) is 84.5 Å². The van der Waals surface area contributed by atoms with Crippen LogP contribution < -0.4 is 14.8 Å². The molecule has 0 heterocycles. The molecular formula is C16H15Cl3N2O4S. The highest BCUT2D eigenvalue weighted by Gasteiger charge is 2.15. The molecule has 6 nitrogen and oxygen atoms in total. The van der Waals surface area contributed by atoms with Gasteiger partial charge in [0.05, 0.1) is 32.8 Å². The molecule has 0 atom stereocenters. The van der Waals surface area contributed by atoms with E-state index in [4.69, 9.17) is 39.5 Å². The molecule has 0 spiro atoms. The van der Waals surface area contributed by atoms with Crippen LogP contribution in [0.4, 0.5) is 5.69 Å². The fraction of sp³-hybridized carbons (Fsp3) is 0.188. The fourth-order valence-electron chi connectivity index (χ4n) is 1.97. The van der Waals surface area contributed by atoms with Gasteiger partial charge in [0.25, 0.3) is 0 Å². The van der Waals surface area contributed by atoms with Crippen molar-refractivity contribution in [3.05, 3.63) is 51.5 Å². The van der Waals surface area contributed by atoms with Crippen LogP contribution in [0.1, 0.15) is 6.42 Å². The van der Waals surface area contributed by atoms with Gasteiger partial charge < -0.3 is 10.1 Å². The summed E-state index contributed by atoms with van der Waals surface area (Å²) in [6.07, 6.45) is -0.0913. The van der Waals surface area contributed by atoms with Crippen LogP contribution in [0.2, 0.25) is 15.1 Å². The van der Waals surface area contributed by atoms with Gasteiger partial charge in [0.15, 0.2) is 0 Å². The SMILES string of the molecule is COc1ccc(S(=O)(=O)NCCC(=O)Nc2cc(Cl)c(Cl)cc2Cl)cc1. The molecule has 0 aliphatic carbocycles. The molecule has 1 amide bonds. The summed E-state index contributed by atoms with van der Waals surface area (Å²) in [6.45, 7) is -0.0842. The van der Waals surface area contributed by atoms with E-state index < -0.39 is 15.9 Å². The summed E-state index contributed by atoms with van der Waals surface area (Å²) in [5.74, 6) is 0.115. The summed E-state index contributed by atoms with van der Waals surface area (Å²) in [6, 6.07) is 8.73. The van der Waals surface area contributed by atoms with Gasteiger partial charge in [0.1, 0.15) is 5.75 Å². The maximum absolute atomic E-state index is 12.2. The zero-order chi connectivity index (χ0) is 19.3. The molecule has 2 N–H and O–H groups in total. The Morgan fingerprint density at radius 2 is 1.65 bits per heavy atom. The lowest BCUT2D eigenvalue weighted by atomic mass is 10.3. The smallest absolute Gasteiger partial charge is 0.240 e. The predicted molar refractivity (Wildman–Crippen MR) is 103 cm³/mol. The van der Waals surface area contributed by atoms with E-state index in [1.54, 1.807) is 0 Å². The number of benzene rings is 2. The molecule has 140 valence electrons. The Bertz CT molecular complexity index is 902. The van der Waals surface area contributed by atoms with Gasteiger partial charge in [-0.1, -0.05) is 34.8 Å². The van der Waals surface area contributed by atoms with Gasteiger partial charge in [0, 0.05) is 13.0 Å². The number of halogens is 3. The lowest BCUT2D eigenvalue weighted by molar-refractivity contribution is -0.116. The number of anilines is 1. The average Bonchev–Trinajstić information content (AvgIpc) is 2.59. The minimum atomic E-state index is -3.72. The van der Waals surface area contributed by atoms with Crippen LogP contribution in [0, 0.1) is 0 Å². The van der Waals surface area contributed by atoms with Crippen molar-refractivity contribution >= 4 is 56.4 Å². The van der Waals surface area contributed by atoms with Crippen LogP contribution in [0.3, 0.4) is 0 Å². The molecule has 2 aromatic rings. The third kappa shape index (κ3) is 5.49. The number of hydrogen-bond acceptors (Lipinski definition) is 4. The van der Waals surface area contributed by atoms with Crippen LogP contribution in [0.5, 0.6) is 5.75 Å². The zero-order valence-corrected chi connectivity index (χ0v) is 16.6. The number of nitrogens with one attached hydrogen (secondary N) is 2. The van der Waals surface area contributed by atoms with Gasteiger partial charge in [-0.15, -0.1) is 0 Å². The predicted octanol–water partition coefficient (Wildman–Crippen LogP) is 3.96. The summed E-state index contributed by atoms with van der Waals surface area (Å²) in [4.78, 5) is 12.0. The standard InChI is InChI=1S/C16H15Cl3N2O4S/c1-25-10-2-4-11(5-3-10)26(23,24)20-7-6-16(22)21-15-9-13(18)12(17)8-14(15)19/h2-5,8-9,20H,6-7H2,1H3,(H,21,22). The van der Waals surface area contributed by atoms with Crippen LogP contribution >= 0.6 is 34.8 Å². The van der Waals surface area contributed by atoms with Gasteiger partial charge in [-0.3, -0.25) is 4.79 Å². The van der Waals surface area contributed by atoms with Crippen LogP contribution in [-0.4, -0.2) is 28.0 Å². The Kier molecular flexibility index (Phi) is 7.14. The average molecular weight is 438 g/mol. The van der Waals surface area contributed by atoms with E-state index in [-0.39, 0.29) is 32.9 Å². The van der Waals surface area contributed by atoms with E-state index in [2.05, 4.69) is 10.0 Å². The molecule has 0 aliphatic heterocycles. The molecule has 2 rings (SSSR count). The first-order valence-electron chi connectivity index (χ1n) is 7.31. The van der Waals surface area contributed by atoms with Crippen LogP contribution in [0.25, 0.3) is 0 Å². The molecule has 0 bridgehead atoms. The maximum atomic E-state index is 12.2. The molecule has 10 heteroatoms. The molecule has 0 aromatic heterocycles. The second-order valence-electron chi connectivity index (χ2n) is 5.12. The quantitative estimate of drug-likeness (QED) is 0.642. The monoisotopic (exact) mass is 436 g/mol. The first-order valence-corrected chi connectivity index (χ1v) is 9.93. The van der Waals surface area contributed by atoms with Crippen molar-refractivity contribution in [2.75, 3.05) is 19.0 Å². The Morgan fingerprint density at radius 1 is 1.04 bits per heavy atom. The Balaban J connectivity index is 1.92. The van der Waals surface area contributed by atoms with Crippen molar-refractivity contribution in [3.8, 4) is 5.75 Å². The van der Waals surface area contributed by atoms with E-state index in [1.807, 2.05) is 0 Å². The molecule has 2 aromatic carbocycles. The highest BCUT2D eigenvalue weighted by molar-refractivity contribution is 7.89. The molecule has 0 saturated heterocycles. The number of carbonyl (C=O) groups excluding carboxylic acids is 1. The van der Waals surface area contributed by atoms with Crippen molar-refractivity contribution in [2.45, 2.75) is 11.3 Å². The Morgan fingerprint density at radius 3 is 2.27 bits per heavy atom. The van der Waals surface area contributed by atoms with E-state index in [0.29, 0.717) is 11.4 Å². The van der Waals surface area contributed by atoms with E-state index in [0.717, 1.165) is 0 Å². The van der Waals surface area contributed by atoms with Gasteiger partial charge in [-0.2, -0.15) is 0 Å². The summed E-state index contributed by atoms with van der Waals surface area (Å²) in [5.41, 5.74) is 0.295. The summed E-state index contributed by atoms with van der Waals surface area (Å²) in [7, 11) is -2.24. The van der Waals surface area contributed by atoms with Crippen molar-refractivity contribution in [2.24, 2.45) is 0 Å². The number of sulfonamides is 1. The lowest BCUT2D eigenvalue weighted by Gasteiger charge is -2.10. The number of methoxy groups -OCH3 is 1. The molecular weight excluding hydrogens is 423 g/mol. The second-order valence-corrected chi connectivity index (χ2v) is 8.11. The van der Waals surface area contributed by atoms with E-state index >= 15 is 0 Å². The van der Waals surface area contributed by atoms with Crippen molar-refractivity contribution in [3.63, 3.8) is 0 Å². The number of amides is 1. The molecule has 0 radical (unpaired) electrons. The maximum Gasteiger partial charge on any atom is 0.240 e. The van der Waals surface area contributed by atoms with Crippen LogP contribution in [0.15, 0.2) is 41.3 Å². The molecule has 0 saturated carbocycles. The molecule has 0 unspecified atom stereocenters. The lowest BCUT2D eigenvalue weighted by Crippen LogP contribution is -2.27. The normalized spacial score (nSPS) is 11.2. The number of rotatable bonds is 7. The second kappa shape index (κ2) is 8.92. The minimum absolute atomic E-state index is 0.0752. The van der Waals surface area contributed by atoms with Crippen LogP contribution in [-0.2, 0) is 14.8 Å². The highest BCUT2D eigenvalue weighted by atomic mass is 35.5. The van der Waals surface area contributed by atoms with Crippen molar-refractivity contribution < 1.29 is 17.9 Å². The largest absolute Gasteiger partial charge is 0.497 e. The summed E-state index contributed by atoms with van der Waals surface area (Å²) in [5, 5.41) is 3.29. The zero-order valence-electron chi connectivity index (χ0n) is 13.6. The first kappa shape index (κ1) is 20.8. The number of ether oxygens (including phenoxy) is 1. The number of carbonyl (C=O) groups is 1. The fourth-order valence-corrected chi connectivity index (χ4v) is 3.59. The minimum Gasteiger partial charge on any atom is -0.497 e. The Labute approximate surface area is 166 Å².